The maximum atomic E-state index is 13.8. The first-order chi connectivity index (χ1) is 9.56. The fourth-order valence-corrected chi connectivity index (χ4v) is 3.23. The van der Waals surface area contributed by atoms with E-state index in [1.54, 1.807) is 0 Å². The van der Waals surface area contributed by atoms with Crippen molar-refractivity contribution in [2.45, 2.75) is 18.9 Å². The van der Waals surface area contributed by atoms with Crippen LogP contribution >= 0.6 is 0 Å². The standard InChI is InChI=1S/C14H18FN3O2/c15-11-7-13(12(16)6-10(11)14(19)20)18-5-4-17-3-1-2-9(17)8-18/h6-7,9H,1-5,8,16H2,(H,19,20). The molecule has 0 spiro atoms. The number of aromatic carboxylic acids is 1. The van der Waals surface area contributed by atoms with Crippen molar-refractivity contribution in [2.75, 3.05) is 36.8 Å². The summed E-state index contributed by atoms with van der Waals surface area (Å²) in [5.74, 6) is -2.02. The highest BCUT2D eigenvalue weighted by atomic mass is 19.1. The number of nitrogens with two attached hydrogens (primary N) is 1. The summed E-state index contributed by atoms with van der Waals surface area (Å²) in [6.07, 6.45) is 2.37. The summed E-state index contributed by atoms with van der Waals surface area (Å²) in [5, 5.41) is 8.90. The summed E-state index contributed by atoms with van der Waals surface area (Å²) < 4.78 is 13.8. The molecule has 0 radical (unpaired) electrons. The van der Waals surface area contributed by atoms with E-state index in [0.29, 0.717) is 17.4 Å². The van der Waals surface area contributed by atoms with Crippen LogP contribution in [0.5, 0.6) is 0 Å². The van der Waals surface area contributed by atoms with E-state index in [0.717, 1.165) is 32.6 Å². The fourth-order valence-electron chi connectivity index (χ4n) is 3.23. The van der Waals surface area contributed by atoms with E-state index in [1.165, 1.54) is 18.6 Å². The molecule has 1 aromatic carbocycles. The van der Waals surface area contributed by atoms with Crippen molar-refractivity contribution < 1.29 is 14.3 Å². The molecule has 3 N–H and O–H groups in total. The Hall–Kier alpha value is -1.82. The Morgan fingerprint density at radius 2 is 2.15 bits per heavy atom. The number of carboxylic acids is 1. The highest BCUT2D eigenvalue weighted by Crippen LogP contribution is 2.31. The van der Waals surface area contributed by atoms with Crippen LogP contribution in [0.15, 0.2) is 12.1 Å². The van der Waals surface area contributed by atoms with Gasteiger partial charge in [0.25, 0.3) is 0 Å². The first kappa shape index (κ1) is 13.2. The van der Waals surface area contributed by atoms with Gasteiger partial charge < -0.3 is 15.7 Å². The van der Waals surface area contributed by atoms with Crippen LogP contribution in [0.25, 0.3) is 0 Å². The maximum Gasteiger partial charge on any atom is 0.338 e. The second-order valence-corrected chi connectivity index (χ2v) is 5.47. The number of fused-ring (bicyclic) bond motifs is 1. The van der Waals surface area contributed by atoms with Crippen LogP contribution in [-0.4, -0.2) is 48.2 Å². The van der Waals surface area contributed by atoms with Crippen molar-refractivity contribution in [1.29, 1.82) is 0 Å². The Kier molecular flexibility index (Phi) is 3.25. The van der Waals surface area contributed by atoms with Crippen LogP contribution in [-0.2, 0) is 0 Å². The van der Waals surface area contributed by atoms with E-state index < -0.39 is 11.8 Å². The average Bonchev–Trinajstić information content (AvgIpc) is 2.87. The summed E-state index contributed by atoms with van der Waals surface area (Å²) in [7, 11) is 0. The van der Waals surface area contributed by atoms with Crippen molar-refractivity contribution in [2.24, 2.45) is 0 Å². The molecule has 6 heteroatoms. The monoisotopic (exact) mass is 279 g/mol. The number of rotatable bonds is 2. The summed E-state index contributed by atoms with van der Waals surface area (Å²) in [6, 6.07) is 2.97. The number of carboxylic acid groups (broad SMARTS) is 1. The molecule has 20 heavy (non-hydrogen) atoms. The Labute approximate surface area is 116 Å². The number of hydrogen-bond donors (Lipinski definition) is 2. The summed E-state index contributed by atoms with van der Waals surface area (Å²) >= 11 is 0. The summed E-state index contributed by atoms with van der Waals surface area (Å²) in [4.78, 5) is 15.4. The van der Waals surface area contributed by atoms with E-state index >= 15 is 0 Å². The van der Waals surface area contributed by atoms with Gasteiger partial charge in [-0.1, -0.05) is 0 Å². The van der Waals surface area contributed by atoms with Crippen LogP contribution in [0.2, 0.25) is 0 Å². The molecule has 0 aliphatic carbocycles. The molecule has 2 heterocycles. The highest BCUT2D eigenvalue weighted by molar-refractivity contribution is 5.91. The van der Waals surface area contributed by atoms with Gasteiger partial charge in [-0.3, -0.25) is 4.90 Å². The third-order valence-electron chi connectivity index (χ3n) is 4.27. The molecule has 2 saturated heterocycles. The largest absolute Gasteiger partial charge is 0.478 e. The van der Waals surface area contributed by atoms with Crippen molar-refractivity contribution >= 4 is 17.3 Å². The second kappa shape index (κ2) is 4.94. The van der Waals surface area contributed by atoms with E-state index in [2.05, 4.69) is 9.80 Å². The third kappa shape index (κ3) is 2.20. The lowest BCUT2D eigenvalue weighted by Crippen LogP contribution is -2.50. The molecule has 2 aliphatic rings. The fraction of sp³-hybridized carbons (Fsp3) is 0.500. The van der Waals surface area contributed by atoms with Crippen molar-refractivity contribution in [1.82, 2.24) is 4.90 Å². The van der Waals surface area contributed by atoms with E-state index in [4.69, 9.17) is 10.8 Å². The number of halogens is 1. The third-order valence-corrected chi connectivity index (χ3v) is 4.27. The van der Waals surface area contributed by atoms with E-state index in [-0.39, 0.29) is 5.56 Å². The Morgan fingerprint density at radius 3 is 2.90 bits per heavy atom. The molecule has 1 aromatic rings. The predicted octanol–water partition coefficient (Wildman–Crippen LogP) is 1.39. The number of anilines is 2. The van der Waals surface area contributed by atoms with E-state index in [1.807, 2.05) is 0 Å². The number of benzene rings is 1. The molecule has 0 amide bonds. The molecule has 2 fully saturated rings. The van der Waals surface area contributed by atoms with Gasteiger partial charge in [-0.05, 0) is 25.5 Å². The molecular formula is C14H18FN3O2. The van der Waals surface area contributed by atoms with Crippen LogP contribution in [0, 0.1) is 5.82 Å². The zero-order valence-electron chi connectivity index (χ0n) is 11.2. The van der Waals surface area contributed by atoms with Crippen LogP contribution < -0.4 is 10.6 Å². The van der Waals surface area contributed by atoms with Crippen molar-refractivity contribution in [3.8, 4) is 0 Å². The zero-order chi connectivity index (χ0) is 14.3. The van der Waals surface area contributed by atoms with Crippen LogP contribution in [0.4, 0.5) is 15.8 Å². The molecule has 5 nitrogen and oxygen atoms in total. The van der Waals surface area contributed by atoms with E-state index in [9.17, 15) is 9.18 Å². The SMILES string of the molecule is Nc1cc(C(=O)O)c(F)cc1N1CCN2CCCC2C1. The molecule has 3 rings (SSSR count). The van der Waals surface area contributed by atoms with Gasteiger partial charge in [-0.15, -0.1) is 0 Å². The average molecular weight is 279 g/mol. The Bertz CT molecular complexity index is 549. The topological polar surface area (TPSA) is 69.8 Å². The summed E-state index contributed by atoms with van der Waals surface area (Å²) in [6.45, 7) is 3.72. The lowest BCUT2D eigenvalue weighted by molar-refractivity contribution is 0.0692. The Morgan fingerprint density at radius 1 is 1.35 bits per heavy atom. The van der Waals surface area contributed by atoms with Gasteiger partial charge in [-0.25, -0.2) is 9.18 Å². The van der Waals surface area contributed by atoms with Gasteiger partial charge in [0.2, 0.25) is 0 Å². The van der Waals surface area contributed by atoms with Gasteiger partial charge in [0.1, 0.15) is 5.82 Å². The molecule has 1 atom stereocenters. The molecule has 0 bridgehead atoms. The minimum atomic E-state index is -1.29. The van der Waals surface area contributed by atoms with Crippen LogP contribution in [0.1, 0.15) is 23.2 Å². The minimum Gasteiger partial charge on any atom is -0.478 e. The number of carbonyl (C=O) groups is 1. The molecule has 108 valence electrons. The number of piperazine rings is 1. The molecule has 2 aliphatic heterocycles. The number of hydrogen-bond acceptors (Lipinski definition) is 4. The van der Waals surface area contributed by atoms with Crippen LogP contribution in [0.3, 0.4) is 0 Å². The molecule has 1 unspecified atom stereocenters. The molecular weight excluding hydrogens is 261 g/mol. The van der Waals surface area contributed by atoms with Crippen molar-refractivity contribution in [3.63, 3.8) is 0 Å². The lowest BCUT2D eigenvalue weighted by Gasteiger charge is -2.39. The smallest absolute Gasteiger partial charge is 0.338 e. The van der Waals surface area contributed by atoms with Gasteiger partial charge in [0.05, 0.1) is 16.9 Å². The number of nitrogen functional groups attached to an aromatic ring is 1. The first-order valence-electron chi connectivity index (χ1n) is 6.87. The maximum absolute atomic E-state index is 13.8. The lowest BCUT2D eigenvalue weighted by atomic mass is 10.1. The van der Waals surface area contributed by atoms with Gasteiger partial charge in [0, 0.05) is 31.7 Å². The molecule has 0 aromatic heterocycles. The van der Waals surface area contributed by atoms with Gasteiger partial charge in [-0.2, -0.15) is 0 Å². The predicted molar refractivity (Wildman–Crippen MR) is 74.6 cm³/mol. The van der Waals surface area contributed by atoms with Gasteiger partial charge >= 0.3 is 5.97 Å². The summed E-state index contributed by atoms with van der Waals surface area (Å²) in [5.41, 5.74) is 6.48. The Balaban J connectivity index is 1.87. The molecule has 0 saturated carbocycles. The minimum absolute atomic E-state index is 0.329. The number of nitrogens with zero attached hydrogens (tertiary/aromatic N) is 2. The highest BCUT2D eigenvalue weighted by Gasteiger charge is 2.31. The van der Waals surface area contributed by atoms with Crippen molar-refractivity contribution in [3.05, 3.63) is 23.5 Å². The first-order valence-corrected chi connectivity index (χ1v) is 6.87. The van der Waals surface area contributed by atoms with Gasteiger partial charge in [0.15, 0.2) is 0 Å². The normalized spacial score (nSPS) is 22.9. The zero-order valence-corrected chi connectivity index (χ0v) is 11.2. The quantitative estimate of drug-likeness (QED) is 0.801. The second-order valence-electron chi connectivity index (χ2n) is 5.47.